The molecule has 0 bridgehead atoms. The van der Waals surface area contributed by atoms with Crippen LogP contribution in [0, 0.1) is 21.4 Å². The zero-order valence-electron chi connectivity index (χ0n) is 11.0. The van der Waals surface area contributed by atoms with E-state index < -0.39 is 11.0 Å². The number of nitro groups is 1. The van der Waals surface area contributed by atoms with E-state index in [1.165, 1.54) is 6.07 Å². The standard InChI is InChI=1S/C13H17N3O3/c1-3-15(8-4-7-14)12-6-5-11(10(2)17)9-13(12)16(18)19/h5-6,9-10,17H,3-4,8H2,1-2H3. The molecule has 102 valence electrons. The van der Waals surface area contributed by atoms with Crippen molar-refractivity contribution in [3.8, 4) is 6.07 Å². The first-order chi connectivity index (χ1) is 9.01. The van der Waals surface area contributed by atoms with Crippen LogP contribution in [0.25, 0.3) is 0 Å². The normalized spacial score (nSPS) is 11.7. The van der Waals surface area contributed by atoms with Gasteiger partial charge in [0, 0.05) is 19.2 Å². The topological polar surface area (TPSA) is 90.4 Å². The van der Waals surface area contributed by atoms with Gasteiger partial charge in [0.25, 0.3) is 5.69 Å². The molecule has 0 aliphatic heterocycles. The molecule has 0 aromatic heterocycles. The lowest BCUT2D eigenvalue weighted by atomic mass is 10.1. The van der Waals surface area contributed by atoms with E-state index in [1.807, 2.05) is 13.0 Å². The second-order valence-corrected chi connectivity index (χ2v) is 4.17. The van der Waals surface area contributed by atoms with Crippen molar-refractivity contribution >= 4 is 11.4 Å². The number of anilines is 1. The Balaban J connectivity index is 3.18. The van der Waals surface area contributed by atoms with Gasteiger partial charge in [-0.1, -0.05) is 6.07 Å². The second kappa shape index (κ2) is 6.71. The van der Waals surface area contributed by atoms with Crippen molar-refractivity contribution in [2.75, 3.05) is 18.0 Å². The molecule has 0 saturated heterocycles. The molecule has 1 aromatic rings. The predicted octanol–water partition coefficient (Wildman–Crippen LogP) is 2.39. The van der Waals surface area contributed by atoms with E-state index in [9.17, 15) is 15.2 Å². The van der Waals surface area contributed by atoms with Gasteiger partial charge in [-0.05, 0) is 25.5 Å². The Kier molecular flexibility index (Phi) is 5.27. The Bertz CT molecular complexity index is 494. The van der Waals surface area contributed by atoms with Gasteiger partial charge in [-0.15, -0.1) is 0 Å². The minimum atomic E-state index is -0.748. The van der Waals surface area contributed by atoms with Crippen molar-refractivity contribution in [1.29, 1.82) is 5.26 Å². The van der Waals surface area contributed by atoms with Gasteiger partial charge in [-0.3, -0.25) is 10.1 Å². The number of nitrogens with zero attached hydrogens (tertiary/aromatic N) is 3. The molecule has 19 heavy (non-hydrogen) atoms. The number of rotatable bonds is 6. The monoisotopic (exact) mass is 263 g/mol. The molecule has 1 atom stereocenters. The predicted molar refractivity (Wildman–Crippen MR) is 71.8 cm³/mol. The Hall–Kier alpha value is -2.13. The van der Waals surface area contributed by atoms with Gasteiger partial charge in [0.05, 0.1) is 23.5 Å². The molecule has 0 aliphatic carbocycles. The summed E-state index contributed by atoms with van der Waals surface area (Å²) in [6.07, 6.45) is -0.440. The quantitative estimate of drug-likeness (QED) is 0.628. The fraction of sp³-hybridized carbons (Fsp3) is 0.462. The molecule has 1 aromatic carbocycles. The van der Waals surface area contributed by atoms with E-state index in [4.69, 9.17) is 5.26 Å². The van der Waals surface area contributed by atoms with Crippen molar-refractivity contribution in [2.24, 2.45) is 0 Å². The van der Waals surface area contributed by atoms with Crippen molar-refractivity contribution < 1.29 is 10.0 Å². The van der Waals surface area contributed by atoms with Gasteiger partial charge in [0.1, 0.15) is 5.69 Å². The van der Waals surface area contributed by atoms with Crippen molar-refractivity contribution in [3.63, 3.8) is 0 Å². The molecule has 0 amide bonds. The number of hydrogen-bond donors (Lipinski definition) is 1. The maximum atomic E-state index is 11.1. The molecule has 0 fully saturated rings. The van der Waals surface area contributed by atoms with Gasteiger partial charge in [0.15, 0.2) is 0 Å². The molecule has 1 N–H and O–H groups in total. The number of aliphatic hydroxyl groups is 1. The summed E-state index contributed by atoms with van der Waals surface area (Å²) in [4.78, 5) is 12.4. The van der Waals surface area contributed by atoms with E-state index >= 15 is 0 Å². The Morgan fingerprint density at radius 3 is 2.74 bits per heavy atom. The Labute approximate surface area is 112 Å². The van der Waals surface area contributed by atoms with Gasteiger partial charge in [0.2, 0.25) is 0 Å². The smallest absolute Gasteiger partial charge is 0.292 e. The second-order valence-electron chi connectivity index (χ2n) is 4.17. The molecule has 1 unspecified atom stereocenters. The Morgan fingerprint density at radius 1 is 1.58 bits per heavy atom. The first kappa shape index (κ1) is 14.9. The number of aliphatic hydroxyl groups excluding tert-OH is 1. The molecule has 0 saturated carbocycles. The van der Waals surface area contributed by atoms with Crippen LogP contribution < -0.4 is 4.90 Å². The van der Waals surface area contributed by atoms with E-state index in [0.29, 0.717) is 30.8 Å². The summed E-state index contributed by atoms with van der Waals surface area (Å²) in [6, 6.07) is 6.71. The molecule has 1 rings (SSSR count). The highest BCUT2D eigenvalue weighted by Crippen LogP contribution is 2.31. The lowest BCUT2D eigenvalue weighted by molar-refractivity contribution is -0.384. The summed E-state index contributed by atoms with van der Waals surface area (Å²) >= 11 is 0. The minimum absolute atomic E-state index is 0.0433. The summed E-state index contributed by atoms with van der Waals surface area (Å²) < 4.78 is 0. The highest BCUT2D eigenvalue weighted by Gasteiger charge is 2.20. The maximum absolute atomic E-state index is 11.1. The van der Waals surface area contributed by atoms with Gasteiger partial charge < -0.3 is 10.0 Å². The van der Waals surface area contributed by atoms with Gasteiger partial charge in [-0.25, -0.2) is 0 Å². The summed E-state index contributed by atoms with van der Waals surface area (Å²) in [5.41, 5.74) is 0.942. The first-order valence-electron chi connectivity index (χ1n) is 6.09. The number of benzene rings is 1. The van der Waals surface area contributed by atoms with Crippen LogP contribution in [0.15, 0.2) is 18.2 Å². The lowest BCUT2D eigenvalue weighted by Gasteiger charge is -2.22. The fourth-order valence-electron chi connectivity index (χ4n) is 1.85. The largest absolute Gasteiger partial charge is 0.389 e. The SMILES string of the molecule is CCN(CCC#N)c1ccc(C(C)O)cc1[N+](=O)[O-]. The average molecular weight is 263 g/mol. The van der Waals surface area contributed by atoms with E-state index in [2.05, 4.69) is 0 Å². The highest BCUT2D eigenvalue weighted by atomic mass is 16.6. The third-order valence-electron chi connectivity index (χ3n) is 2.89. The summed E-state index contributed by atoms with van der Waals surface area (Å²) in [6.45, 7) is 4.47. The summed E-state index contributed by atoms with van der Waals surface area (Å²) in [5, 5.41) is 29.2. The lowest BCUT2D eigenvalue weighted by Crippen LogP contribution is -2.24. The van der Waals surface area contributed by atoms with Crippen LogP contribution in [0.3, 0.4) is 0 Å². The van der Waals surface area contributed by atoms with Crippen molar-refractivity contribution in [3.05, 3.63) is 33.9 Å². The maximum Gasteiger partial charge on any atom is 0.292 e. The van der Waals surface area contributed by atoms with Gasteiger partial charge in [-0.2, -0.15) is 5.26 Å². The van der Waals surface area contributed by atoms with Gasteiger partial charge >= 0.3 is 0 Å². The third-order valence-corrected chi connectivity index (χ3v) is 2.89. The molecule has 0 spiro atoms. The van der Waals surface area contributed by atoms with E-state index in [0.717, 1.165) is 0 Å². The minimum Gasteiger partial charge on any atom is -0.389 e. The van der Waals surface area contributed by atoms with Crippen LogP contribution in [-0.2, 0) is 0 Å². The van der Waals surface area contributed by atoms with Crippen LogP contribution in [0.4, 0.5) is 11.4 Å². The zero-order chi connectivity index (χ0) is 14.4. The number of nitriles is 1. The fourth-order valence-corrected chi connectivity index (χ4v) is 1.85. The summed E-state index contributed by atoms with van der Waals surface area (Å²) in [7, 11) is 0. The number of hydrogen-bond acceptors (Lipinski definition) is 5. The van der Waals surface area contributed by atoms with Crippen LogP contribution in [0.5, 0.6) is 0 Å². The van der Waals surface area contributed by atoms with E-state index in [-0.39, 0.29) is 5.69 Å². The third kappa shape index (κ3) is 3.66. The molecule has 0 heterocycles. The highest BCUT2D eigenvalue weighted by molar-refractivity contribution is 5.64. The molecule has 6 heteroatoms. The number of nitro benzene ring substituents is 1. The molecule has 0 aliphatic rings. The van der Waals surface area contributed by atoms with Crippen LogP contribution in [0.1, 0.15) is 31.9 Å². The summed E-state index contributed by atoms with van der Waals surface area (Å²) in [5.74, 6) is 0. The first-order valence-corrected chi connectivity index (χ1v) is 6.09. The van der Waals surface area contributed by atoms with Crippen molar-refractivity contribution in [1.82, 2.24) is 0 Å². The van der Waals surface area contributed by atoms with Crippen LogP contribution in [-0.4, -0.2) is 23.1 Å². The molecular weight excluding hydrogens is 246 g/mol. The average Bonchev–Trinajstić information content (AvgIpc) is 2.39. The Morgan fingerprint density at radius 2 is 2.26 bits per heavy atom. The molecular formula is C13H17N3O3. The molecule has 6 nitrogen and oxygen atoms in total. The van der Waals surface area contributed by atoms with Crippen LogP contribution in [0.2, 0.25) is 0 Å². The van der Waals surface area contributed by atoms with Crippen LogP contribution >= 0.6 is 0 Å². The molecule has 0 radical (unpaired) electrons. The van der Waals surface area contributed by atoms with E-state index in [1.54, 1.807) is 24.0 Å². The zero-order valence-corrected chi connectivity index (χ0v) is 11.0. The van der Waals surface area contributed by atoms with Crippen molar-refractivity contribution in [2.45, 2.75) is 26.4 Å².